The van der Waals surface area contributed by atoms with E-state index in [1.54, 1.807) is 0 Å². The Morgan fingerprint density at radius 1 is 1.43 bits per heavy atom. The van der Waals surface area contributed by atoms with Crippen molar-refractivity contribution in [1.29, 1.82) is 0 Å². The Balaban J connectivity index is 3.21. The molecular weight excluding hydrogens is 180 g/mol. The number of nitrogens with zero attached hydrogens (tertiary/aromatic N) is 2. The summed E-state index contributed by atoms with van der Waals surface area (Å²) >= 11 is 0. The number of methoxy groups -OCH3 is 1. The van der Waals surface area contributed by atoms with Crippen LogP contribution in [-0.4, -0.2) is 23.4 Å². The second-order valence-corrected chi connectivity index (χ2v) is 4.03. The highest BCUT2D eigenvalue weighted by Gasteiger charge is 2.19. The van der Waals surface area contributed by atoms with Crippen molar-refractivity contribution >= 4 is 6.29 Å². The molecule has 4 heteroatoms. The fraction of sp³-hybridized carbons (Fsp3) is 0.500. The van der Waals surface area contributed by atoms with Gasteiger partial charge in [-0.15, -0.1) is 0 Å². The molecule has 0 N–H and O–H groups in total. The van der Waals surface area contributed by atoms with Gasteiger partial charge in [0.1, 0.15) is 5.82 Å². The van der Waals surface area contributed by atoms with Crippen LogP contribution in [0.1, 0.15) is 37.0 Å². The number of carbonyl (C=O) groups is 1. The van der Waals surface area contributed by atoms with Crippen molar-refractivity contribution in [1.82, 2.24) is 9.97 Å². The van der Waals surface area contributed by atoms with E-state index in [0.717, 1.165) is 0 Å². The molecular formula is C10H14N2O2. The third kappa shape index (κ3) is 2.07. The molecule has 0 aliphatic rings. The first-order valence-corrected chi connectivity index (χ1v) is 4.35. The van der Waals surface area contributed by atoms with Gasteiger partial charge in [-0.3, -0.25) is 4.79 Å². The number of rotatable bonds is 2. The van der Waals surface area contributed by atoms with Gasteiger partial charge < -0.3 is 4.74 Å². The van der Waals surface area contributed by atoms with E-state index in [4.69, 9.17) is 4.74 Å². The molecule has 0 saturated heterocycles. The minimum absolute atomic E-state index is 0.144. The Kier molecular flexibility index (Phi) is 2.84. The Morgan fingerprint density at radius 2 is 2.07 bits per heavy atom. The second-order valence-electron chi connectivity index (χ2n) is 4.03. The normalized spacial score (nSPS) is 11.1. The zero-order valence-corrected chi connectivity index (χ0v) is 8.87. The monoisotopic (exact) mass is 194 g/mol. The van der Waals surface area contributed by atoms with Gasteiger partial charge in [0.05, 0.1) is 12.7 Å². The lowest BCUT2D eigenvalue weighted by atomic mass is 9.96. The third-order valence-electron chi connectivity index (χ3n) is 1.77. The number of aldehydes is 1. The van der Waals surface area contributed by atoms with E-state index < -0.39 is 0 Å². The fourth-order valence-corrected chi connectivity index (χ4v) is 0.981. The van der Waals surface area contributed by atoms with Crippen LogP contribution in [0.25, 0.3) is 0 Å². The first-order chi connectivity index (χ1) is 6.49. The van der Waals surface area contributed by atoms with Crippen molar-refractivity contribution in [2.45, 2.75) is 26.2 Å². The predicted octanol–water partition coefficient (Wildman–Crippen LogP) is 1.60. The van der Waals surface area contributed by atoms with Crippen LogP contribution in [0, 0.1) is 0 Å². The van der Waals surface area contributed by atoms with Gasteiger partial charge in [-0.2, -0.15) is 4.98 Å². The lowest BCUT2D eigenvalue weighted by Gasteiger charge is -2.16. The van der Waals surface area contributed by atoms with Crippen molar-refractivity contribution in [3.63, 3.8) is 0 Å². The molecule has 0 atom stereocenters. The van der Waals surface area contributed by atoms with E-state index in [1.807, 2.05) is 20.8 Å². The van der Waals surface area contributed by atoms with Crippen molar-refractivity contribution in [3.8, 4) is 5.88 Å². The summed E-state index contributed by atoms with van der Waals surface area (Å²) in [6.07, 6.45) is 2.17. The highest BCUT2D eigenvalue weighted by molar-refractivity contribution is 5.77. The maximum absolute atomic E-state index is 10.6. The zero-order valence-electron chi connectivity index (χ0n) is 8.87. The Morgan fingerprint density at radius 3 is 2.50 bits per heavy atom. The van der Waals surface area contributed by atoms with Crippen LogP contribution in [-0.2, 0) is 5.41 Å². The summed E-state index contributed by atoms with van der Waals surface area (Å²) in [5.41, 5.74) is 0.231. The van der Waals surface area contributed by atoms with E-state index in [9.17, 15) is 4.79 Å². The summed E-state index contributed by atoms with van der Waals surface area (Å²) in [4.78, 5) is 18.9. The van der Waals surface area contributed by atoms with Crippen molar-refractivity contribution in [2.24, 2.45) is 0 Å². The standard InChI is InChI=1S/C10H14N2O2/c1-10(2,3)9-11-5-7(6-13)8(12-9)14-4/h5-6H,1-4H3. The van der Waals surface area contributed by atoms with Crippen LogP contribution in [0.4, 0.5) is 0 Å². The van der Waals surface area contributed by atoms with Gasteiger partial charge in [-0.1, -0.05) is 20.8 Å². The highest BCUT2D eigenvalue weighted by atomic mass is 16.5. The average Bonchev–Trinajstić information content (AvgIpc) is 2.15. The van der Waals surface area contributed by atoms with Gasteiger partial charge in [0, 0.05) is 11.6 Å². The lowest BCUT2D eigenvalue weighted by Crippen LogP contribution is -2.16. The van der Waals surface area contributed by atoms with Crippen molar-refractivity contribution in [2.75, 3.05) is 7.11 Å². The van der Waals surface area contributed by atoms with Crippen LogP contribution in [0.3, 0.4) is 0 Å². The number of ether oxygens (including phenoxy) is 1. The van der Waals surface area contributed by atoms with E-state index in [-0.39, 0.29) is 5.41 Å². The maximum Gasteiger partial charge on any atom is 0.227 e. The second kappa shape index (κ2) is 3.74. The highest BCUT2D eigenvalue weighted by Crippen LogP contribution is 2.21. The molecule has 0 aliphatic heterocycles. The minimum atomic E-state index is -0.144. The SMILES string of the molecule is COc1nc(C(C)(C)C)ncc1C=O. The Hall–Kier alpha value is -1.45. The number of aromatic nitrogens is 2. The Labute approximate surface area is 83.3 Å². The van der Waals surface area contributed by atoms with Crippen LogP contribution >= 0.6 is 0 Å². The van der Waals surface area contributed by atoms with Gasteiger partial charge >= 0.3 is 0 Å². The zero-order chi connectivity index (χ0) is 10.8. The lowest BCUT2D eigenvalue weighted by molar-refractivity contribution is 0.111. The smallest absolute Gasteiger partial charge is 0.227 e. The van der Waals surface area contributed by atoms with Crippen LogP contribution in [0.15, 0.2) is 6.20 Å². The quantitative estimate of drug-likeness (QED) is 0.671. The number of hydrogen-bond acceptors (Lipinski definition) is 4. The number of carbonyl (C=O) groups excluding carboxylic acids is 1. The van der Waals surface area contributed by atoms with E-state index >= 15 is 0 Å². The minimum Gasteiger partial charge on any atom is -0.480 e. The fourth-order valence-electron chi connectivity index (χ4n) is 0.981. The molecule has 1 rings (SSSR count). The van der Waals surface area contributed by atoms with Crippen LogP contribution < -0.4 is 4.74 Å². The average molecular weight is 194 g/mol. The molecule has 1 aromatic rings. The number of hydrogen-bond donors (Lipinski definition) is 0. The molecule has 0 spiro atoms. The molecule has 0 aromatic carbocycles. The molecule has 0 amide bonds. The summed E-state index contributed by atoms with van der Waals surface area (Å²) in [5, 5.41) is 0. The summed E-state index contributed by atoms with van der Waals surface area (Å²) in [5.74, 6) is 1.000. The van der Waals surface area contributed by atoms with E-state index in [2.05, 4.69) is 9.97 Å². The van der Waals surface area contributed by atoms with Gasteiger partial charge in [0.15, 0.2) is 6.29 Å². The molecule has 0 unspecified atom stereocenters. The molecule has 1 heterocycles. The van der Waals surface area contributed by atoms with Gasteiger partial charge in [0.25, 0.3) is 0 Å². The summed E-state index contributed by atoms with van der Waals surface area (Å²) in [6, 6.07) is 0. The summed E-state index contributed by atoms with van der Waals surface area (Å²) < 4.78 is 4.99. The molecule has 14 heavy (non-hydrogen) atoms. The summed E-state index contributed by atoms with van der Waals surface area (Å²) in [7, 11) is 1.49. The van der Waals surface area contributed by atoms with Gasteiger partial charge in [0.2, 0.25) is 5.88 Å². The first-order valence-electron chi connectivity index (χ1n) is 4.35. The first kappa shape index (κ1) is 10.6. The molecule has 0 saturated carbocycles. The Bertz CT molecular complexity index is 342. The van der Waals surface area contributed by atoms with Crippen molar-refractivity contribution < 1.29 is 9.53 Å². The molecule has 0 fully saturated rings. The predicted molar refractivity (Wildman–Crippen MR) is 52.7 cm³/mol. The molecule has 76 valence electrons. The molecule has 0 radical (unpaired) electrons. The molecule has 0 bridgehead atoms. The third-order valence-corrected chi connectivity index (χ3v) is 1.77. The topological polar surface area (TPSA) is 52.1 Å². The molecule has 1 aromatic heterocycles. The maximum atomic E-state index is 10.6. The van der Waals surface area contributed by atoms with Crippen LogP contribution in [0.5, 0.6) is 5.88 Å². The van der Waals surface area contributed by atoms with Gasteiger partial charge in [-0.05, 0) is 0 Å². The van der Waals surface area contributed by atoms with Gasteiger partial charge in [-0.25, -0.2) is 4.98 Å². The van der Waals surface area contributed by atoms with Crippen molar-refractivity contribution in [3.05, 3.63) is 17.6 Å². The molecule has 4 nitrogen and oxygen atoms in total. The van der Waals surface area contributed by atoms with E-state index in [1.165, 1.54) is 13.3 Å². The largest absolute Gasteiger partial charge is 0.480 e. The van der Waals surface area contributed by atoms with Crippen LogP contribution in [0.2, 0.25) is 0 Å². The summed E-state index contributed by atoms with van der Waals surface area (Å²) in [6.45, 7) is 6.01. The van der Waals surface area contributed by atoms with E-state index in [0.29, 0.717) is 23.6 Å². The molecule has 0 aliphatic carbocycles.